The minimum Gasteiger partial charge on any atom is -0.466 e. The number of benzene rings is 1. The van der Waals surface area contributed by atoms with Crippen molar-refractivity contribution >= 4 is 11.9 Å². The van der Waals surface area contributed by atoms with Crippen LogP contribution < -0.4 is 5.32 Å². The average Bonchev–Trinajstić information content (AvgIpc) is 2.57. The maximum Gasteiger partial charge on any atom is 0.416 e. The fourth-order valence-electron chi connectivity index (χ4n) is 2.76. The molecule has 1 unspecified atom stereocenters. The first-order valence-electron chi connectivity index (χ1n) is 7.72. The lowest BCUT2D eigenvalue weighted by Gasteiger charge is -2.36. The second-order valence-corrected chi connectivity index (χ2v) is 5.51. The van der Waals surface area contributed by atoms with E-state index >= 15 is 0 Å². The van der Waals surface area contributed by atoms with E-state index in [1.807, 2.05) is 6.92 Å². The zero-order valence-electron chi connectivity index (χ0n) is 14.4. The third-order valence-corrected chi connectivity index (χ3v) is 4.06. The molecule has 1 atom stereocenters. The Bertz CT molecular complexity index is 726. The van der Waals surface area contributed by atoms with Gasteiger partial charge in [0.05, 0.1) is 24.3 Å². The SMILES string of the molecule is CCN=C1NC(c2ccccc2C(F)(F)F)C(C(=O)OC)=C(C)N1C. The van der Waals surface area contributed by atoms with Crippen molar-refractivity contribution in [3.63, 3.8) is 0 Å². The molecule has 0 spiro atoms. The van der Waals surface area contributed by atoms with Gasteiger partial charge in [-0.2, -0.15) is 13.2 Å². The number of esters is 1. The molecule has 0 radical (unpaired) electrons. The van der Waals surface area contributed by atoms with Gasteiger partial charge < -0.3 is 15.0 Å². The third kappa shape index (κ3) is 3.62. The van der Waals surface area contributed by atoms with Crippen LogP contribution in [-0.4, -0.2) is 37.5 Å². The highest BCUT2D eigenvalue weighted by Gasteiger charge is 2.40. The van der Waals surface area contributed by atoms with E-state index in [-0.39, 0.29) is 11.1 Å². The third-order valence-electron chi connectivity index (χ3n) is 4.06. The molecule has 2 rings (SSSR count). The average molecular weight is 355 g/mol. The number of nitrogens with zero attached hydrogens (tertiary/aromatic N) is 2. The Balaban J connectivity index is 2.69. The van der Waals surface area contributed by atoms with Crippen molar-refractivity contribution in [1.82, 2.24) is 10.2 Å². The summed E-state index contributed by atoms with van der Waals surface area (Å²) in [6.07, 6.45) is -4.54. The molecule has 0 amide bonds. The highest BCUT2D eigenvalue weighted by molar-refractivity contribution is 5.96. The largest absolute Gasteiger partial charge is 0.466 e. The van der Waals surface area contributed by atoms with Gasteiger partial charge in [0.2, 0.25) is 0 Å². The Morgan fingerprint density at radius 2 is 2.00 bits per heavy atom. The number of nitrogens with one attached hydrogen (secondary N) is 1. The second kappa shape index (κ2) is 7.16. The maximum atomic E-state index is 13.4. The number of ether oxygens (including phenoxy) is 1. The molecular formula is C17H20F3N3O2. The summed E-state index contributed by atoms with van der Waals surface area (Å²) in [4.78, 5) is 18.2. The van der Waals surface area contributed by atoms with E-state index in [1.54, 1.807) is 18.9 Å². The van der Waals surface area contributed by atoms with Crippen molar-refractivity contribution in [2.45, 2.75) is 26.1 Å². The van der Waals surface area contributed by atoms with Crippen LogP contribution in [0.2, 0.25) is 0 Å². The molecule has 5 nitrogen and oxygen atoms in total. The Morgan fingerprint density at radius 1 is 1.36 bits per heavy atom. The van der Waals surface area contributed by atoms with Gasteiger partial charge in [-0.15, -0.1) is 0 Å². The highest BCUT2D eigenvalue weighted by atomic mass is 19.4. The lowest BCUT2D eigenvalue weighted by molar-refractivity contribution is -0.139. The minimum absolute atomic E-state index is 0.0494. The topological polar surface area (TPSA) is 53.9 Å². The zero-order chi connectivity index (χ0) is 18.8. The first-order chi connectivity index (χ1) is 11.7. The molecule has 1 aromatic carbocycles. The molecule has 1 aromatic rings. The van der Waals surface area contributed by atoms with Crippen LogP contribution in [0, 0.1) is 0 Å². The van der Waals surface area contributed by atoms with Gasteiger partial charge in [0.25, 0.3) is 0 Å². The Hall–Kier alpha value is -2.51. The van der Waals surface area contributed by atoms with Crippen LogP contribution in [0.3, 0.4) is 0 Å². The van der Waals surface area contributed by atoms with Gasteiger partial charge in [-0.3, -0.25) is 4.99 Å². The van der Waals surface area contributed by atoms with Crippen LogP contribution in [-0.2, 0) is 15.7 Å². The number of rotatable bonds is 3. The predicted molar refractivity (Wildman–Crippen MR) is 87.8 cm³/mol. The predicted octanol–water partition coefficient (Wildman–Crippen LogP) is 3.10. The summed E-state index contributed by atoms with van der Waals surface area (Å²) >= 11 is 0. The van der Waals surface area contributed by atoms with E-state index < -0.39 is 23.8 Å². The van der Waals surface area contributed by atoms with Gasteiger partial charge in [-0.05, 0) is 25.5 Å². The molecule has 0 bridgehead atoms. The summed E-state index contributed by atoms with van der Waals surface area (Å²) in [7, 11) is 2.89. The quantitative estimate of drug-likeness (QED) is 0.847. The van der Waals surface area contributed by atoms with Crippen molar-refractivity contribution in [2.24, 2.45) is 4.99 Å². The lowest BCUT2D eigenvalue weighted by atomic mass is 9.91. The second-order valence-electron chi connectivity index (χ2n) is 5.51. The number of carbonyl (C=O) groups is 1. The fourth-order valence-corrected chi connectivity index (χ4v) is 2.76. The van der Waals surface area contributed by atoms with Crippen LogP contribution in [0.1, 0.15) is 31.0 Å². The van der Waals surface area contributed by atoms with Crippen molar-refractivity contribution in [3.05, 3.63) is 46.7 Å². The van der Waals surface area contributed by atoms with Crippen molar-refractivity contribution < 1.29 is 22.7 Å². The van der Waals surface area contributed by atoms with Crippen LogP contribution >= 0.6 is 0 Å². The number of aliphatic imine (C=N–C) groups is 1. The summed E-state index contributed by atoms with van der Waals surface area (Å²) in [5.41, 5.74) is -0.245. The van der Waals surface area contributed by atoms with E-state index in [0.717, 1.165) is 6.07 Å². The number of methoxy groups -OCH3 is 1. The van der Waals surface area contributed by atoms with E-state index in [4.69, 9.17) is 4.74 Å². The summed E-state index contributed by atoms with van der Waals surface area (Å²) in [5, 5.41) is 2.95. The van der Waals surface area contributed by atoms with E-state index in [2.05, 4.69) is 10.3 Å². The van der Waals surface area contributed by atoms with E-state index in [0.29, 0.717) is 18.2 Å². The molecule has 8 heteroatoms. The Morgan fingerprint density at radius 3 is 2.56 bits per heavy atom. The first-order valence-corrected chi connectivity index (χ1v) is 7.72. The molecule has 1 heterocycles. The van der Waals surface area contributed by atoms with Crippen LogP contribution in [0.25, 0.3) is 0 Å². The monoisotopic (exact) mass is 355 g/mol. The molecule has 0 aromatic heterocycles. The van der Waals surface area contributed by atoms with Gasteiger partial charge >= 0.3 is 12.1 Å². The number of hydrogen-bond donors (Lipinski definition) is 1. The molecule has 0 aliphatic carbocycles. The first kappa shape index (κ1) is 18.8. The number of allylic oxidation sites excluding steroid dienone is 1. The standard InChI is InChI=1S/C17H20F3N3O2/c1-5-21-16-22-14(13(15(24)25-4)10(2)23(16)3)11-8-6-7-9-12(11)17(18,19)20/h6-9,14H,5H2,1-4H3,(H,21,22). The van der Waals surface area contributed by atoms with Crippen LogP contribution in [0.15, 0.2) is 40.5 Å². The summed E-state index contributed by atoms with van der Waals surface area (Å²) in [6, 6.07) is 4.16. The van der Waals surface area contributed by atoms with Crippen LogP contribution in [0.5, 0.6) is 0 Å². The molecule has 0 saturated heterocycles. The molecule has 0 saturated carbocycles. The van der Waals surface area contributed by atoms with Crippen molar-refractivity contribution in [1.29, 1.82) is 0 Å². The molecule has 1 aliphatic heterocycles. The fraction of sp³-hybridized carbons (Fsp3) is 0.412. The summed E-state index contributed by atoms with van der Waals surface area (Å²) in [6.45, 7) is 3.92. The van der Waals surface area contributed by atoms with Crippen LogP contribution in [0.4, 0.5) is 13.2 Å². The van der Waals surface area contributed by atoms with E-state index in [9.17, 15) is 18.0 Å². The molecule has 25 heavy (non-hydrogen) atoms. The molecule has 1 aliphatic rings. The highest BCUT2D eigenvalue weighted by Crippen LogP contribution is 2.39. The summed E-state index contributed by atoms with van der Waals surface area (Å²) < 4.78 is 45.1. The Kier molecular flexibility index (Phi) is 5.39. The molecular weight excluding hydrogens is 335 g/mol. The number of hydrogen-bond acceptors (Lipinski definition) is 3. The zero-order valence-corrected chi connectivity index (χ0v) is 14.4. The molecule has 136 valence electrons. The number of guanidine groups is 1. The number of alkyl halides is 3. The smallest absolute Gasteiger partial charge is 0.416 e. The van der Waals surface area contributed by atoms with Gasteiger partial charge in [-0.1, -0.05) is 18.2 Å². The van der Waals surface area contributed by atoms with Crippen molar-refractivity contribution in [2.75, 3.05) is 20.7 Å². The summed E-state index contributed by atoms with van der Waals surface area (Å²) in [5.74, 6) is -0.288. The lowest BCUT2D eigenvalue weighted by Crippen LogP contribution is -2.47. The Labute approximate surface area is 144 Å². The number of carbonyl (C=O) groups excluding carboxylic acids is 1. The van der Waals surface area contributed by atoms with Crippen molar-refractivity contribution in [3.8, 4) is 0 Å². The maximum absolute atomic E-state index is 13.4. The number of halogens is 3. The minimum atomic E-state index is -4.54. The molecule has 1 N–H and O–H groups in total. The molecule has 0 fully saturated rings. The van der Waals surface area contributed by atoms with Gasteiger partial charge in [0.15, 0.2) is 5.96 Å². The van der Waals surface area contributed by atoms with Gasteiger partial charge in [-0.25, -0.2) is 4.79 Å². The van der Waals surface area contributed by atoms with Gasteiger partial charge in [0.1, 0.15) is 0 Å². The normalized spacial score (nSPS) is 19.9. The van der Waals surface area contributed by atoms with Gasteiger partial charge in [0, 0.05) is 19.3 Å². The van der Waals surface area contributed by atoms with E-state index in [1.165, 1.54) is 25.3 Å².